The third-order valence-electron chi connectivity index (χ3n) is 3.76. The monoisotopic (exact) mass is 333 g/mol. The van der Waals surface area contributed by atoms with Crippen molar-refractivity contribution >= 4 is 5.91 Å². The number of benzene rings is 2. The molecule has 0 aliphatic heterocycles. The molecule has 25 heavy (non-hydrogen) atoms. The van der Waals surface area contributed by atoms with Crippen molar-refractivity contribution in [2.75, 3.05) is 7.11 Å². The Kier molecular flexibility index (Phi) is 5.36. The number of methoxy groups -OCH3 is 1. The van der Waals surface area contributed by atoms with Gasteiger partial charge >= 0.3 is 0 Å². The van der Waals surface area contributed by atoms with Crippen LogP contribution in [-0.2, 0) is 17.8 Å². The summed E-state index contributed by atoms with van der Waals surface area (Å²) in [7, 11) is 1.61. The smallest absolute Gasteiger partial charge is 0.224 e. The van der Waals surface area contributed by atoms with Crippen molar-refractivity contribution in [2.45, 2.75) is 13.0 Å². The Morgan fingerprint density at radius 3 is 2.68 bits per heavy atom. The van der Waals surface area contributed by atoms with E-state index in [-0.39, 0.29) is 5.91 Å². The lowest BCUT2D eigenvalue weighted by Crippen LogP contribution is -2.25. The molecule has 0 aliphatic carbocycles. The predicted octanol–water partition coefficient (Wildman–Crippen LogP) is 3.01. The number of amides is 1. The number of nitrogens with zero attached hydrogens (tertiary/aromatic N) is 2. The molecule has 0 atom stereocenters. The number of hydrogen-bond donors (Lipinski definition) is 1. The average Bonchev–Trinajstić information content (AvgIpc) is 2.67. The molecule has 0 radical (unpaired) electrons. The van der Waals surface area contributed by atoms with E-state index in [1.807, 2.05) is 60.7 Å². The van der Waals surface area contributed by atoms with Crippen molar-refractivity contribution in [3.63, 3.8) is 0 Å². The number of ether oxygens (including phenoxy) is 1. The number of hydrogen-bond acceptors (Lipinski definition) is 4. The van der Waals surface area contributed by atoms with Gasteiger partial charge in [0.05, 0.1) is 31.5 Å². The van der Waals surface area contributed by atoms with Gasteiger partial charge in [-0.15, -0.1) is 0 Å². The zero-order chi connectivity index (χ0) is 17.5. The van der Waals surface area contributed by atoms with Crippen LogP contribution < -0.4 is 10.1 Å². The number of rotatable bonds is 6. The molecule has 3 aromatic rings. The summed E-state index contributed by atoms with van der Waals surface area (Å²) in [6.45, 7) is 0.366. The van der Waals surface area contributed by atoms with Crippen LogP contribution >= 0.6 is 0 Å². The quantitative estimate of drug-likeness (QED) is 0.753. The van der Waals surface area contributed by atoms with Crippen LogP contribution in [0.15, 0.2) is 67.0 Å². The number of carbonyl (C=O) groups excluding carboxylic acids is 1. The van der Waals surface area contributed by atoms with E-state index in [1.54, 1.807) is 7.11 Å². The second kappa shape index (κ2) is 8.06. The van der Waals surface area contributed by atoms with Crippen LogP contribution in [-0.4, -0.2) is 23.0 Å². The molecule has 0 fully saturated rings. The average molecular weight is 333 g/mol. The van der Waals surface area contributed by atoms with E-state index in [1.165, 1.54) is 6.33 Å². The molecule has 126 valence electrons. The third kappa shape index (κ3) is 4.64. The largest absolute Gasteiger partial charge is 0.497 e. The van der Waals surface area contributed by atoms with Gasteiger partial charge in [-0.1, -0.05) is 42.5 Å². The van der Waals surface area contributed by atoms with Crippen molar-refractivity contribution in [2.24, 2.45) is 0 Å². The van der Waals surface area contributed by atoms with Crippen LogP contribution in [0.4, 0.5) is 0 Å². The molecule has 1 N–H and O–H groups in total. The molecule has 5 heteroatoms. The van der Waals surface area contributed by atoms with E-state index < -0.39 is 0 Å². The Morgan fingerprint density at radius 1 is 1.04 bits per heavy atom. The van der Waals surface area contributed by atoms with Gasteiger partial charge in [-0.3, -0.25) is 4.79 Å². The van der Waals surface area contributed by atoms with Crippen molar-refractivity contribution in [1.29, 1.82) is 0 Å². The summed E-state index contributed by atoms with van der Waals surface area (Å²) in [5, 5.41) is 2.89. The SMILES string of the molecule is COc1cccc(CC(=O)NCc2cc(-c3ccccc3)ncn2)c1. The highest BCUT2D eigenvalue weighted by Crippen LogP contribution is 2.16. The summed E-state index contributed by atoms with van der Waals surface area (Å²) in [6, 6.07) is 19.3. The fourth-order valence-electron chi connectivity index (χ4n) is 2.48. The van der Waals surface area contributed by atoms with Crippen molar-refractivity contribution < 1.29 is 9.53 Å². The van der Waals surface area contributed by atoms with Crippen molar-refractivity contribution in [3.8, 4) is 17.0 Å². The molecule has 0 saturated carbocycles. The summed E-state index contributed by atoms with van der Waals surface area (Å²) in [5.74, 6) is 0.682. The van der Waals surface area contributed by atoms with Crippen molar-refractivity contribution in [3.05, 3.63) is 78.2 Å². The number of carbonyl (C=O) groups is 1. The Morgan fingerprint density at radius 2 is 1.88 bits per heavy atom. The van der Waals surface area contributed by atoms with Crippen LogP contribution in [0.25, 0.3) is 11.3 Å². The summed E-state index contributed by atoms with van der Waals surface area (Å²) < 4.78 is 5.17. The normalized spacial score (nSPS) is 10.3. The molecular formula is C20H19N3O2. The van der Waals surface area contributed by atoms with Crippen LogP contribution in [0.2, 0.25) is 0 Å². The topological polar surface area (TPSA) is 64.1 Å². The zero-order valence-corrected chi connectivity index (χ0v) is 14.0. The molecule has 0 aliphatic rings. The van der Waals surface area contributed by atoms with Gasteiger partial charge < -0.3 is 10.1 Å². The van der Waals surface area contributed by atoms with Crippen molar-refractivity contribution in [1.82, 2.24) is 15.3 Å². The molecule has 0 saturated heterocycles. The standard InChI is InChI=1S/C20H19N3O2/c1-25-18-9-5-6-15(10-18)11-20(24)21-13-17-12-19(23-14-22-17)16-7-3-2-4-8-16/h2-10,12,14H,11,13H2,1H3,(H,21,24). The van der Waals surface area contributed by atoms with Crippen LogP contribution in [0.1, 0.15) is 11.3 Å². The van der Waals surface area contributed by atoms with Gasteiger partial charge in [-0.05, 0) is 23.8 Å². The molecule has 3 rings (SSSR count). The Hall–Kier alpha value is -3.21. The first kappa shape index (κ1) is 16.6. The van der Waals surface area contributed by atoms with Gasteiger partial charge in [-0.2, -0.15) is 0 Å². The highest BCUT2D eigenvalue weighted by Gasteiger charge is 2.06. The molecule has 5 nitrogen and oxygen atoms in total. The molecule has 0 bridgehead atoms. The van der Waals surface area contributed by atoms with Gasteiger partial charge in [0.25, 0.3) is 0 Å². The molecule has 0 unspecified atom stereocenters. The van der Waals surface area contributed by atoms with E-state index in [4.69, 9.17) is 4.74 Å². The summed E-state index contributed by atoms with van der Waals surface area (Å²) in [4.78, 5) is 20.7. The molecule has 1 aromatic heterocycles. The molecule has 0 spiro atoms. The lowest BCUT2D eigenvalue weighted by Gasteiger charge is -2.07. The first-order chi connectivity index (χ1) is 12.2. The number of aromatic nitrogens is 2. The maximum Gasteiger partial charge on any atom is 0.224 e. The second-order valence-corrected chi connectivity index (χ2v) is 5.57. The Bertz CT molecular complexity index is 850. The molecular weight excluding hydrogens is 314 g/mol. The van der Waals surface area contributed by atoms with Gasteiger partial charge in [0.2, 0.25) is 5.91 Å². The lowest BCUT2D eigenvalue weighted by molar-refractivity contribution is -0.120. The summed E-state index contributed by atoms with van der Waals surface area (Å²) >= 11 is 0. The van der Waals surface area contributed by atoms with E-state index in [2.05, 4.69) is 15.3 Å². The Labute approximate surface area is 146 Å². The zero-order valence-electron chi connectivity index (χ0n) is 14.0. The minimum atomic E-state index is -0.0619. The van der Waals surface area contributed by atoms with E-state index in [9.17, 15) is 4.79 Å². The van der Waals surface area contributed by atoms with Gasteiger partial charge in [-0.25, -0.2) is 9.97 Å². The fraction of sp³-hybridized carbons (Fsp3) is 0.150. The first-order valence-electron chi connectivity index (χ1n) is 8.00. The Balaban J connectivity index is 1.60. The van der Waals surface area contributed by atoms with E-state index >= 15 is 0 Å². The minimum Gasteiger partial charge on any atom is -0.497 e. The third-order valence-corrected chi connectivity index (χ3v) is 3.76. The predicted molar refractivity (Wildman–Crippen MR) is 96.0 cm³/mol. The van der Waals surface area contributed by atoms with Crippen LogP contribution in [0.5, 0.6) is 5.75 Å². The van der Waals surface area contributed by atoms with Gasteiger partial charge in [0.1, 0.15) is 12.1 Å². The summed E-state index contributed by atoms with van der Waals surface area (Å²) in [6.07, 6.45) is 1.82. The van der Waals surface area contributed by atoms with Gasteiger partial charge in [0, 0.05) is 5.56 Å². The molecule has 1 amide bonds. The minimum absolute atomic E-state index is 0.0619. The second-order valence-electron chi connectivity index (χ2n) is 5.57. The van der Waals surface area contributed by atoms with Crippen LogP contribution in [0, 0.1) is 0 Å². The van der Waals surface area contributed by atoms with Gasteiger partial charge in [0.15, 0.2) is 0 Å². The highest BCUT2D eigenvalue weighted by molar-refractivity contribution is 5.78. The molecule has 1 heterocycles. The maximum atomic E-state index is 12.1. The van der Waals surface area contributed by atoms with E-state index in [0.29, 0.717) is 13.0 Å². The first-order valence-corrected chi connectivity index (χ1v) is 8.00. The highest BCUT2D eigenvalue weighted by atomic mass is 16.5. The maximum absolute atomic E-state index is 12.1. The lowest BCUT2D eigenvalue weighted by atomic mass is 10.1. The number of nitrogens with one attached hydrogen (secondary N) is 1. The van der Waals surface area contributed by atoms with Crippen LogP contribution in [0.3, 0.4) is 0 Å². The van der Waals surface area contributed by atoms with E-state index in [0.717, 1.165) is 28.3 Å². The molecule has 2 aromatic carbocycles. The summed E-state index contributed by atoms with van der Waals surface area (Å²) in [5.41, 5.74) is 3.54. The fourth-order valence-corrected chi connectivity index (χ4v) is 2.48.